The van der Waals surface area contributed by atoms with Crippen LogP contribution in [0.3, 0.4) is 0 Å². The molecule has 0 spiro atoms. The Hall–Kier alpha value is -9.13. The van der Waals surface area contributed by atoms with E-state index in [9.17, 15) is 0 Å². The zero-order valence-corrected chi connectivity index (χ0v) is 39.6. The van der Waals surface area contributed by atoms with Gasteiger partial charge in [0.2, 0.25) is 5.95 Å². The van der Waals surface area contributed by atoms with Crippen LogP contribution in [0.25, 0.3) is 84.6 Å². The smallest absolute Gasteiger partial charge is 0.234 e. The molecule has 10 aromatic rings. The van der Waals surface area contributed by atoms with E-state index < -0.39 is 0 Å². The third-order valence-electron chi connectivity index (χ3n) is 13.8. The lowest BCUT2D eigenvalue weighted by Gasteiger charge is -2.27. The van der Waals surface area contributed by atoms with Crippen LogP contribution in [0.2, 0.25) is 0 Å². The van der Waals surface area contributed by atoms with Gasteiger partial charge in [0.05, 0.1) is 34.3 Å². The van der Waals surface area contributed by atoms with Gasteiger partial charge in [-0.3, -0.25) is 0 Å². The van der Waals surface area contributed by atoms with Crippen molar-refractivity contribution in [3.05, 3.63) is 264 Å². The van der Waals surface area contributed by atoms with Crippen molar-refractivity contribution < 1.29 is 0 Å². The van der Waals surface area contributed by atoms with Crippen LogP contribution in [0.1, 0.15) is 48.0 Å². The molecule has 0 atom stereocenters. The standard InChI is InChI=1S/C65H50N6/c1-4-52(62-56-32-17-20-35-60(56)70(57(62)5-2)50-27-13-8-14-28-50)64-66-63(48-24-11-7-12-25-48)67-65(68-64)69-43-61-55(41-36-44(3)53-30-15-18-33-58(53)69)54-31-16-19-34-59(54)71(61)51-29-21-26-49(42-51)47-39-37-46(38-40-47)45-22-9-6-10-23-45/h4-20,22-25,27-42H,1,3,21,26,43H2,2H3/b41-36-,57-5+,62-52+. The highest BCUT2D eigenvalue weighted by atomic mass is 15.3. The van der Waals surface area contributed by atoms with E-state index >= 15 is 0 Å². The number of benzene rings is 7. The Morgan fingerprint density at radius 1 is 0.592 bits per heavy atom. The molecule has 0 fully saturated rings. The van der Waals surface area contributed by atoms with E-state index in [2.05, 4.69) is 234 Å². The van der Waals surface area contributed by atoms with Crippen LogP contribution in [0, 0.1) is 0 Å². The number of para-hydroxylation sites is 4. The molecular weight excluding hydrogens is 865 g/mol. The van der Waals surface area contributed by atoms with Crippen molar-refractivity contribution >= 4 is 68.0 Å². The molecule has 340 valence electrons. The van der Waals surface area contributed by atoms with Gasteiger partial charge in [-0.1, -0.05) is 201 Å². The van der Waals surface area contributed by atoms with Gasteiger partial charge >= 0.3 is 0 Å². The molecule has 0 N–H and O–H groups in total. The highest BCUT2D eigenvalue weighted by molar-refractivity contribution is 5.98. The van der Waals surface area contributed by atoms with Crippen molar-refractivity contribution in [2.75, 3.05) is 4.90 Å². The van der Waals surface area contributed by atoms with Crippen molar-refractivity contribution in [3.63, 3.8) is 0 Å². The van der Waals surface area contributed by atoms with Gasteiger partial charge in [-0.2, -0.15) is 9.97 Å². The van der Waals surface area contributed by atoms with Crippen LogP contribution in [-0.2, 0) is 6.54 Å². The molecule has 0 amide bonds. The van der Waals surface area contributed by atoms with E-state index in [1.54, 1.807) is 0 Å². The van der Waals surface area contributed by atoms with Crippen LogP contribution in [0.4, 0.5) is 11.6 Å². The molecule has 3 aromatic heterocycles. The Morgan fingerprint density at radius 3 is 1.94 bits per heavy atom. The van der Waals surface area contributed by atoms with Gasteiger partial charge in [-0.15, -0.1) is 0 Å². The highest BCUT2D eigenvalue weighted by Gasteiger charge is 2.28. The third kappa shape index (κ3) is 7.76. The Morgan fingerprint density at radius 2 is 1.21 bits per heavy atom. The first kappa shape index (κ1) is 43.2. The van der Waals surface area contributed by atoms with Crippen LogP contribution in [0.15, 0.2) is 226 Å². The number of anilines is 2. The van der Waals surface area contributed by atoms with E-state index in [-0.39, 0.29) is 0 Å². The molecule has 6 heteroatoms. The molecule has 1 aliphatic carbocycles. The predicted octanol–water partition coefficient (Wildman–Crippen LogP) is 14.4. The summed E-state index contributed by atoms with van der Waals surface area (Å²) in [6.07, 6.45) is 15.1. The minimum Gasteiger partial charge on any atom is -0.311 e. The summed E-state index contributed by atoms with van der Waals surface area (Å²) in [5.74, 6) is 1.60. The summed E-state index contributed by atoms with van der Waals surface area (Å²) in [6, 6.07) is 66.0. The van der Waals surface area contributed by atoms with E-state index in [1.165, 1.54) is 22.3 Å². The first-order chi connectivity index (χ1) is 35.1. The fourth-order valence-corrected chi connectivity index (χ4v) is 10.5. The monoisotopic (exact) mass is 914 g/mol. The number of nitrogens with zero attached hydrogens (tertiary/aromatic N) is 6. The Kier molecular flexibility index (Phi) is 11.2. The molecular formula is C65H50N6. The molecule has 12 rings (SSSR count). The topological polar surface area (TPSA) is 51.8 Å². The number of hydrogen-bond donors (Lipinski definition) is 0. The quantitative estimate of drug-likeness (QED) is 0.152. The molecule has 7 aromatic carbocycles. The molecule has 71 heavy (non-hydrogen) atoms. The molecule has 0 saturated carbocycles. The second-order valence-electron chi connectivity index (χ2n) is 18.0. The number of allylic oxidation sites excluding steroid dienone is 7. The molecule has 6 nitrogen and oxygen atoms in total. The predicted molar refractivity (Wildman–Crippen MR) is 296 cm³/mol. The Bertz CT molecular complexity index is 3930. The number of hydrogen-bond acceptors (Lipinski definition) is 4. The second kappa shape index (κ2) is 18.4. The normalized spacial score (nSPS) is 14.7. The van der Waals surface area contributed by atoms with Crippen molar-refractivity contribution in [1.29, 1.82) is 0 Å². The SMILES string of the molecule is C=C/C(c1nc(-c2ccccc2)nc(N2Cc3c(c4ccccc4n3C3=CCCC(c4ccc(-c5ccccc5)cc4)=C3)/C=C\C(=C)c3ccccc32)n1)=c1\c(=C/C)n(-c2ccccc2)c2ccccc12. The maximum Gasteiger partial charge on any atom is 0.234 e. The minimum absolute atomic E-state index is 0.438. The van der Waals surface area contributed by atoms with Gasteiger partial charge in [0, 0.05) is 49.6 Å². The molecule has 0 radical (unpaired) electrons. The van der Waals surface area contributed by atoms with E-state index in [0.717, 1.165) is 95.8 Å². The van der Waals surface area contributed by atoms with Crippen molar-refractivity contribution in [2.45, 2.75) is 26.3 Å². The average molecular weight is 915 g/mol. The zero-order chi connectivity index (χ0) is 47.8. The summed E-state index contributed by atoms with van der Waals surface area (Å²) in [6.45, 7) is 11.7. The largest absolute Gasteiger partial charge is 0.311 e. The average Bonchev–Trinajstić information content (AvgIpc) is 3.95. The Balaban J connectivity index is 1.08. The number of aromatic nitrogens is 5. The third-order valence-corrected chi connectivity index (χ3v) is 13.8. The van der Waals surface area contributed by atoms with Crippen LogP contribution < -0.4 is 15.5 Å². The molecule has 4 heterocycles. The maximum atomic E-state index is 5.56. The fourth-order valence-electron chi connectivity index (χ4n) is 10.5. The van der Waals surface area contributed by atoms with Gasteiger partial charge in [0.25, 0.3) is 0 Å². The lowest BCUT2D eigenvalue weighted by Crippen LogP contribution is -2.31. The number of fused-ring (bicyclic) bond motifs is 5. The van der Waals surface area contributed by atoms with Gasteiger partial charge in [-0.25, -0.2) is 4.98 Å². The van der Waals surface area contributed by atoms with Crippen molar-refractivity contribution in [1.82, 2.24) is 24.1 Å². The summed E-state index contributed by atoms with van der Waals surface area (Å²) in [4.78, 5) is 18.6. The van der Waals surface area contributed by atoms with Gasteiger partial charge < -0.3 is 14.0 Å². The molecule has 2 aliphatic rings. The fraction of sp³-hybridized carbons (Fsp3) is 0.0615. The lowest BCUT2D eigenvalue weighted by atomic mass is 9.94. The first-order valence-corrected chi connectivity index (χ1v) is 24.3. The first-order valence-electron chi connectivity index (χ1n) is 24.3. The summed E-state index contributed by atoms with van der Waals surface area (Å²) in [5.41, 5.74) is 16.1. The van der Waals surface area contributed by atoms with E-state index in [0.29, 0.717) is 24.1 Å². The van der Waals surface area contributed by atoms with Crippen LogP contribution in [0.5, 0.6) is 0 Å². The lowest BCUT2D eigenvalue weighted by molar-refractivity contribution is 0.846. The summed E-state index contributed by atoms with van der Waals surface area (Å²) in [7, 11) is 0. The number of rotatable bonds is 8. The molecule has 0 bridgehead atoms. The van der Waals surface area contributed by atoms with Gasteiger partial charge in [0.15, 0.2) is 11.6 Å². The zero-order valence-electron chi connectivity index (χ0n) is 39.6. The summed E-state index contributed by atoms with van der Waals surface area (Å²) in [5, 5.41) is 4.27. The molecule has 0 saturated heterocycles. The van der Waals surface area contributed by atoms with E-state index in [4.69, 9.17) is 15.0 Å². The maximum absolute atomic E-state index is 5.56. The molecule has 1 aliphatic heterocycles. The van der Waals surface area contributed by atoms with Gasteiger partial charge in [-0.05, 0) is 84.0 Å². The summed E-state index contributed by atoms with van der Waals surface area (Å²) < 4.78 is 4.77. The summed E-state index contributed by atoms with van der Waals surface area (Å²) >= 11 is 0. The molecule has 0 unspecified atom stereocenters. The van der Waals surface area contributed by atoms with Crippen molar-refractivity contribution in [2.24, 2.45) is 0 Å². The van der Waals surface area contributed by atoms with Crippen LogP contribution in [-0.4, -0.2) is 24.1 Å². The van der Waals surface area contributed by atoms with Crippen molar-refractivity contribution in [3.8, 4) is 28.2 Å². The van der Waals surface area contributed by atoms with E-state index in [1.807, 2.05) is 24.3 Å². The van der Waals surface area contributed by atoms with Crippen LogP contribution >= 0.6 is 0 Å². The second-order valence-corrected chi connectivity index (χ2v) is 18.0. The highest BCUT2D eigenvalue weighted by Crippen LogP contribution is 2.41. The van der Waals surface area contributed by atoms with Gasteiger partial charge in [0.1, 0.15) is 0 Å². The Labute approximate surface area is 413 Å². The minimum atomic E-state index is 0.438.